The van der Waals surface area contributed by atoms with Gasteiger partial charge in [-0.25, -0.2) is 4.68 Å². The lowest BCUT2D eigenvalue weighted by atomic mass is 9.87. The van der Waals surface area contributed by atoms with E-state index in [9.17, 15) is 4.79 Å². The Bertz CT molecular complexity index is 873. The lowest BCUT2D eigenvalue weighted by molar-refractivity contribution is 0.414. The first-order chi connectivity index (χ1) is 14.7. The van der Waals surface area contributed by atoms with Crippen molar-refractivity contribution >= 4 is 0 Å². The van der Waals surface area contributed by atoms with E-state index in [1.807, 2.05) is 58.0 Å². The Morgan fingerprint density at radius 2 is 1.84 bits per heavy atom. The average molecular weight is 428 g/mol. The van der Waals surface area contributed by atoms with Crippen molar-refractivity contribution in [3.05, 3.63) is 71.1 Å². The SMILES string of the molecule is C=C(/C=C\C)C(C)(C)C.CC.CCC(CN)n1nc(-c2ccccc2OC)ccc1=O. The zero-order valence-electron chi connectivity index (χ0n) is 20.6. The zero-order chi connectivity index (χ0) is 24.0. The van der Waals surface area contributed by atoms with Crippen molar-refractivity contribution in [2.24, 2.45) is 11.1 Å². The van der Waals surface area contributed by atoms with Gasteiger partial charge in [0.1, 0.15) is 5.75 Å². The van der Waals surface area contributed by atoms with Crippen molar-refractivity contribution in [2.75, 3.05) is 13.7 Å². The van der Waals surface area contributed by atoms with E-state index in [1.165, 1.54) is 16.3 Å². The summed E-state index contributed by atoms with van der Waals surface area (Å²) in [5.74, 6) is 0.728. The van der Waals surface area contributed by atoms with Crippen LogP contribution in [0.5, 0.6) is 5.75 Å². The Morgan fingerprint density at radius 1 is 1.23 bits per heavy atom. The van der Waals surface area contributed by atoms with Crippen LogP contribution in [0.4, 0.5) is 0 Å². The second-order valence-electron chi connectivity index (χ2n) is 7.77. The highest BCUT2D eigenvalue weighted by Crippen LogP contribution is 2.27. The molecule has 0 spiro atoms. The molecule has 1 heterocycles. The highest BCUT2D eigenvalue weighted by atomic mass is 16.5. The van der Waals surface area contributed by atoms with Crippen molar-refractivity contribution in [3.8, 4) is 17.0 Å². The van der Waals surface area contributed by atoms with E-state index < -0.39 is 0 Å². The third-order valence-corrected chi connectivity index (χ3v) is 4.63. The number of allylic oxidation sites excluding steroid dienone is 3. The molecule has 1 unspecified atom stereocenters. The van der Waals surface area contributed by atoms with Gasteiger partial charge in [0.2, 0.25) is 0 Å². The lowest BCUT2D eigenvalue weighted by Gasteiger charge is -2.18. The first kappa shape index (κ1) is 28.3. The number of aromatic nitrogens is 2. The number of ether oxygens (including phenoxy) is 1. The molecule has 0 saturated heterocycles. The first-order valence-electron chi connectivity index (χ1n) is 10.9. The summed E-state index contributed by atoms with van der Waals surface area (Å²) >= 11 is 0. The summed E-state index contributed by atoms with van der Waals surface area (Å²) in [4.78, 5) is 11.9. The normalized spacial score (nSPS) is 11.6. The van der Waals surface area contributed by atoms with Crippen LogP contribution in [-0.2, 0) is 0 Å². The third kappa shape index (κ3) is 8.93. The molecular weight excluding hydrogens is 386 g/mol. The standard InChI is InChI=1S/C15H19N3O2.C9H16.C2H6/c1-3-11(10-16)18-15(19)9-8-13(17-18)12-6-4-5-7-14(12)20-2;1-6-7-8(2)9(3,4)5;1-2/h4-9,11H,3,10,16H2,1-2H3;6-7H,2H2,1,3-5H3;1-2H3/b;7-6-;. The van der Waals surface area contributed by atoms with Crippen LogP contribution in [0, 0.1) is 5.41 Å². The zero-order valence-corrected chi connectivity index (χ0v) is 20.6. The summed E-state index contributed by atoms with van der Waals surface area (Å²) in [6, 6.07) is 10.7. The second-order valence-corrected chi connectivity index (χ2v) is 7.77. The van der Waals surface area contributed by atoms with Gasteiger partial charge in [0.25, 0.3) is 5.56 Å². The molecule has 0 fully saturated rings. The number of rotatable bonds is 6. The number of benzene rings is 1. The fourth-order valence-electron chi connectivity index (χ4n) is 2.58. The summed E-state index contributed by atoms with van der Waals surface area (Å²) < 4.78 is 6.79. The van der Waals surface area contributed by atoms with Crippen molar-refractivity contribution in [2.45, 2.75) is 60.9 Å². The van der Waals surface area contributed by atoms with Gasteiger partial charge in [-0.15, -0.1) is 0 Å². The van der Waals surface area contributed by atoms with E-state index in [4.69, 9.17) is 10.5 Å². The summed E-state index contributed by atoms with van der Waals surface area (Å²) in [6.07, 6.45) is 4.84. The molecule has 31 heavy (non-hydrogen) atoms. The molecule has 0 aliphatic rings. The van der Waals surface area contributed by atoms with E-state index in [2.05, 4.69) is 38.5 Å². The number of nitrogens with two attached hydrogens (primary N) is 1. The van der Waals surface area contributed by atoms with Gasteiger partial charge in [-0.05, 0) is 37.0 Å². The number of para-hydroxylation sites is 1. The van der Waals surface area contributed by atoms with Crippen LogP contribution in [0.25, 0.3) is 11.3 Å². The molecule has 0 aliphatic carbocycles. The number of nitrogens with zero attached hydrogens (tertiary/aromatic N) is 2. The van der Waals surface area contributed by atoms with Gasteiger partial charge in [0, 0.05) is 18.2 Å². The lowest BCUT2D eigenvalue weighted by Crippen LogP contribution is -2.31. The van der Waals surface area contributed by atoms with Crippen LogP contribution in [0.15, 0.2) is 65.5 Å². The van der Waals surface area contributed by atoms with E-state index in [0.717, 1.165) is 17.7 Å². The first-order valence-corrected chi connectivity index (χ1v) is 10.9. The molecule has 0 saturated carbocycles. The van der Waals surface area contributed by atoms with Crippen LogP contribution in [0.2, 0.25) is 0 Å². The molecule has 2 aromatic rings. The highest BCUT2D eigenvalue weighted by Gasteiger charge is 2.13. The quantitative estimate of drug-likeness (QED) is 0.572. The maximum Gasteiger partial charge on any atom is 0.267 e. The predicted molar refractivity (Wildman–Crippen MR) is 134 cm³/mol. The number of hydrogen-bond donors (Lipinski definition) is 1. The molecule has 0 aliphatic heterocycles. The Hall–Kier alpha value is -2.66. The van der Waals surface area contributed by atoms with Gasteiger partial charge >= 0.3 is 0 Å². The van der Waals surface area contributed by atoms with Gasteiger partial charge in [0.05, 0.1) is 18.8 Å². The summed E-state index contributed by atoms with van der Waals surface area (Å²) in [5.41, 5.74) is 8.54. The van der Waals surface area contributed by atoms with Gasteiger partial charge in [0.15, 0.2) is 0 Å². The fourth-order valence-corrected chi connectivity index (χ4v) is 2.58. The third-order valence-electron chi connectivity index (χ3n) is 4.63. The predicted octanol–water partition coefficient (Wildman–Crippen LogP) is 6.02. The average Bonchev–Trinajstić information content (AvgIpc) is 2.77. The van der Waals surface area contributed by atoms with Crippen LogP contribution in [0.3, 0.4) is 0 Å². The molecular formula is C26H41N3O2. The monoisotopic (exact) mass is 427 g/mol. The van der Waals surface area contributed by atoms with Gasteiger partial charge in [-0.2, -0.15) is 5.10 Å². The Balaban J connectivity index is 0.000000692. The van der Waals surface area contributed by atoms with Gasteiger partial charge in [-0.1, -0.05) is 78.0 Å². The topological polar surface area (TPSA) is 70.1 Å². The van der Waals surface area contributed by atoms with Crippen LogP contribution >= 0.6 is 0 Å². The fraction of sp³-hybridized carbons (Fsp3) is 0.462. The summed E-state index contributed by atoms with van der Waals surface area (Å²) in [5, 5.41) is 4.44. The maximum atomic E-state index is 11.9. The van der Waals surface area contributed by atoms with E-state index >= 15 is 0 Å². The molecule has 172 valence electrons. The van der Waals surface area contributed by atoms with Crippen LogP contribution in [0.1, 0.15) is 60.9 Å². The molecule has 5 nitrogen and oxygen atoms in total. The maximum absolute atomic E-state index is 11.9. The van der Waals surface area contributed by atoms with Gasteiger partial charge < -0.3 is 10.5 Å². The Labute approximate surface area is 188 Å². The van der Waals surface area contributed by atoms with E-state index in [1.54, 1.807) is 13.2 Å². The van der Waals surface area contributed by atoms with E-state index in [-0.39, 0.29) is 17.0 Å². The second kappa shape index (κ2) is 14.4. The molecule has 1 atom stereocenters. The number of methoxy groups -OCH3 is 1. The molecule has 5 heteroatoms. The molecule has 2 rings (SSSR count). The largest absolute Gasteiger partial charge is 0.496 e. The molecule has 0 amide bonds. The van der Waals surface area contributed by atoms with Crippen LogP contribution in [-0.4, -0.2) is 23.4 Å². The highest BCUT2D eigenvalue weighted by molar-refractivity contribution is 5.66. The summed E-state index contributed by atoms with van der Waals surface area (Å²) in [7, 11) is 1.61. The molecule has 2 N–H and O–H groups in total. The molecule has 0 radical (unpaired) electrons. The molecule has 1 aromatic heterocycles. The molecule has 0 bridgehead atoms. The van der Waals surface area contributed by atoms with Crippen molar-refractivity contribution in [3.63, 3.8) is 0 Å². The van der Waals surface area contributed by atoms with Crippen LogP contribution < -0.4 is 16.0 Å². The van der Waals surface area contributed by atoms with Crippen molar-refractivity contribution < 1.29 is 4.74 Å². The van der Waals surface area contributed by atoms with E-state index in [0.29, 0.717) is 12.2 Å². The minimum atomic E-state index is -0.138. The Morgan fingerprint density at radius 3 is 2.29 bits per heavy atom. The van der Waals surface area contributed by atoms with Crippen molar-refractivity contribution in [1.29, 1.82) is 0 Å². The van der Waals surface area contributed by atoms with Gasteiger partial charge in [-0.3, -0.25) is 4.79 Å². The minimum Gasteiger partial charge on any atom is -0.496 e. The summed E-state index contributed by atoms with van der Waals surface area (Å²) in [6.45, 7) is 18.8. The van der Waals surface area contributed by atoms with Crippen molar-refractivity contribution in [1.82, 2.24) is 9.78 Å². The Kier molecular flexibility index (Phi) is 13.1. The number of hydrogen-bond acceptors (Lipinski definition) is 4. The smallest absolute Gasteiger partial charge is 0.267 e. The minimum absolute atomic E-state index is 0.0860. The molecule has 1 aromatic carbocycles.